The number of anilines is 1. The highest BCUT2D eigenvalue weighted by Crippen LogP contribution is 2.18. The van der Waals surface area contributed by atoms with E-state index in [2.05, 4.69) is 32.7 Å². The highest BCUT2D eigenvalue weighted by Gasteiger charge is 2.04. The molecule has 2 heterocycles. The van der Waals surface area contributed by atoms with Crippen LogP contribution >= 0.6 is 0 Å². The molecule has 1 aromatic carbocycles. The lowest BCUT2D eigenvalue weighted by molar-refractivity contribution is 0.683. The molecule has 0 saturated carbocycles. The monoisotopic (exact) mass is 254 g/mol. The Morgan fingerprint density at radius 3 is 3.05 bits per heavy atom. The predicted octanol–water partition coefficient (Wildman–Crippen LogP) is 2.35. The van der Waals surface area contributed by atoms with Crippen molar-refractivity contribution in [2.45, 2.75) is 12.8 Å². The zero-order valence-electron chi connectivity index (χ0n) is 10.9. The van der Waals surface area contributed by atoms with Gasteiger partial charge in [0.25, 0.3) is 0 Å². The molecule has 3 rings (SSSR count). The van der Waals surface area contributed by atoms with Gasteiger partial charge in [0, 0.05) is 18.5 Å². The second kappa shape index (κ2) is 5.80. The molecule has 0 fully saturated rings. The van der Waals surface area contributed by atoms with Gasteiger partial charge in [-0.2, -0.15) is 0 Å². The van der Waals surface area contributed by atoms with Crippen molar-refractivity contribution < 1.29 is 0 Å². The molecular weight excluding hydrogens is 236 g/mol. The van der Waals surface area contributed by atoms with Crippen LogP contribution in [0.3, 0.4) is 0 Å². The van der Waals surface area contributed by atoms with E-state index in [0.29, 0.717) is 0 Å². The minimum absolute atomic E-state index is 0.923. The van der Waals surface area contributed by atoms with Gasteiger partial charge in [-0.05, 0) is 31.5 Å². The number of benzene rings is 1. The number of nitrogens with one attached hydrogen (secondary N) is 2. The lowest BCUT2D eigenvalue weighted by atomic mass is 10.1. The summed E-state index contributed by atoms with van der Waals surface area (Å²) in [6, 6.07) is 8.09. The molecular formula is C15H18N4. The van der Waals surface area contributed by atoms with Crippen LogP contribution < -0.4 is 10.6 Å². The van der Waals surface area contributed by atoms with Gasteiger partial charge in [-0.3, -0.25) is 0 Å². The lowest BCUT2D eigenvalue weighted by Crippen LogP contribution is -2.21. The van der Waals surface area contributed by atoms with E-state index in [1.165, 1.54) is 5.57 Å². The largest absolute Gasteiger partial charge is 0.369 e. The first-order valence-corrected chi connectivity index (χ1v) is 6.76. The smallest absolute Gasteiger partial charge is 0.137 e. The molecule has 1 aliphatic heterocycles. The van der Waals surface area contributed by atoms with Crippen LogP contribution in [0.15, 0.2) is 42.2 Å². The van der Waals surface area contributed by atoms with E-state index >= 15 is 0 Å². The van der Waals surface area contributed by atoms with Gasteiger partial charge in [-0.15, -0.1) is 0 Å². The summed E-state index contributed by atoms with van der Waals surface area (Å²) in [7, 11) is 0. The van der Waals surface area contributed by atoms with Crippen molar-refractivity contribution in [2.24, 2.45) is 0 Å². The third-order valence-electron chi connectivity index (χ3n) is 3.44. The fraction of sp³-hybridized carbons (Fsp3) is 0.333. The summed E-state index contributed by atoms with van der Waals surface area (Å²) in [6.07, 6.45) is 6.16. The van der Waals surface area contributed by atoms with E-state index in [0.717, 1.165) is 49.2 Å². The van der Waals surface area contributed by atoms with E-state index in [9.17, 15) is 0 Å². The number of para-hydroxylation sites is 1. The van der Waals surface area contributed by atoms with Crippen molar-refractivity contribution in [3.8, 4) is 0 Å². The van der Waals surface area contributed by atoms with Crippen LogP contribution in [0.1, 0.15) is 12.8 Å². The molecule has 2 aromatic rings. The van der Waals surface area contributed by atoms with Crippen molar-refractivity contribution in [2.75, 3.05) is 25.0 Å². The highest BCUT2D eigenvalue weighted by atomic mass is 15.0. The molecule has 1 aliphatic rings. The summed E-state index contributed by atoms with van der Waals surface area (Å²) in [5.74, 6) is 0.931. The molecule has 0 radical (unpaired) electrons. The Labute approximate surface area is 113 Å². The quantitative estimate of drug-likeness (QED) is 0.822. The number of aromatic nitrogens is 2. The fourth-order valence-electron chi connectivity index (χ4n) is 2.38. The van der Waals surface area contributed by atoms with Crippen LogP contribution in [0, 0.1) is 0 Å². The number of nitrogens with zero attached hydrogens (tertiary/aromatic N) is 2. The van der Waals surface area contributed by atoms with Crippen LogP contribution in [-0.2, 0) is 0 Å². The first kappa shape index (κ1) is 12.1. The van der Waals surface area contributed by atoms with Crippen molar-refractivity contribution in [3.63, 3.8) is 0 Å². The molecule has 19 heavy (non-hydrogen) atoms. The van der Waals surface area contributed by atoms with Gasteiger partial charge in [0.1, 0.15) is 12.1 Å². The number of rotatable bonds is 4. The maximum Gasteiger partial charge on any atom is 0.137 e. The molecule has 0 atom stereocenters. The number of hydrogen-bond donors (Lipinski definition) is 2. The summed E-state index contributed by atoms with van der Waals surface area (Å²) < 4.78 is 0. The van der Waals surface area contributed by atoms with Gasteiger partial charge < -0.3 is 10.6 Å². The van der Waals surface area contributed by atoms with Crippen molar-refractivity contribution in [1.29, 1.82) is 0 Å². The first-order chi connectivity index (χ1) is 9.43. The SMILES string of the molecule is C1=C(CCNc2ncnc3ccccc23)CCNC1. The Kier molecular flexibility index (Phi) is 3.70. The van der Waals surface area contributed by atoms with E-state index in [1.807, 2.05) is 18.2 Å². The molecule has 0 unspecified atom stereocenters. The van der Waals surface area contributed by atoms with E-state index in [1.54, 1.807) is 6.33 Å². The molecule has 0 spiro atoms. The molecule has 4 heteroatoms. The summed E-state index contributed by atoms with van der Waals surface area (Å²) in [5.41, 5.74) is 2.52. The third kappa shape index (κ3) is 2.90. The van der Waals surface area contributed by atoms with Crippen LogP contribution in [-0.4, -0.2) is 29.6 Å². The lowest BCUT2D eigenvalue weighted by Gasteiger charge is -2.14. The van der Waals surface area contributed by atoms with Gasteiger partial charge in [0.05, 0.1) is 5.52 Å². The molecule has 1 aromatic heterocycles. The Balaban J connectivity index is 1.66. The third-order valence-corrected chi connectivity index (χ3v) is 3.44. The van der Waals surface area contributed by atoms with Crippen LogP contribution in [0.4, 0.5) is 5.82 Å². The fourth-order valence-corrected chi connectivity index (χ4v) is 2.38. The Bertz CT molecular complexity index is 586. The minimum atomic E-state index is 0.923. The van der Waals surface area contributed by atoms with E-state index < -0.39 is 0 Å². The van der Waals surface area contributed by atoms with Crippen LogP contribution in [0.25, 0.3) is 10.9 Å². The summed E-state index contributed by atoms with van der Waals surface area (Å²) in [5, 5.41) is 7.84. The average molecular weight is 254 g/mol. The van der Waals surface area contributed by atoms with Crippen molar-refractivity contribution in [1.82, 2.24) is 15.3 Å². The van der Waals surface area contributed by atoms with Crippen LogP contribution in [0.5, 0.6) is 0 Å². The molecule has 0 saturated heterocycles. The summed E-state index contributed by atoms with van der Waals surface area (Å²) >= 11 is 0. The van der Waals surface area contributed by atoms with Gasteiger partial charge in [-0.25, -0.2) is 9.97 Å². The maximum absolute atomic E-state index is 4.34. The minimum Gasteiger partial charge on any atom is -0.369 e. The van der Waals surface area contributed by atoms with E-state index in [4.69, 9.17) is 0 Å². The maximum atomic E-state index is 4.34. The predicted molar refractivity (Wildman–Crippen MR) is 78.2 cm³/mol. The van der Waals surface area contributed by atoms with Crippen molar-refractivity contribution in [3.05, 3.63) is 42.2 Å². The average Bonchev–Trinajstić information content (AvgIpc) is 2.49. The molecule has 0 amide bonds. The normalized spacial score (nSPS) is 15.3. The summed E-state index contributed by atoms with van der Waals surface area (Å²) in [4.78, 5) is 8.60. The van der Waals surface area contributed by atoms with Crippen molar-refractivity contribution >= 4 is 16.7 Å². The zero-order chi connectivity index (χ0) is 12.9. The topological polar surface area (TPSA) is 49.8 Å². The molecule has 98 valence electrons. The van der Waals surface area contributed by atoms with Gasteiger partial charge in [0.2, 0.25) is 0 Å². The standard InChI is InChI=1S/C15H18N4/c1-2-4-14-13(3-1)15(19-11-18-14)17-10-7-12-5-8-16-9-6-12/h1-5,11,16H,6-10H2,(H,17,18,19). The highest BCUT2D eigenvalue weighted by molar-refractivity contribution is 5.88. The Morgan fingerprint density at radius 2 is 2.16 bits per heavy atom. The Morgan fingerprint density at radius 1 is 1.21 bits per heavy atom. The zero-order valence-corrected chi connectivity index (χ0v) is 10.9. The van der Waals surface area contributed by atoms with Gasteiger partial charge >= 0.3 is 0 Å². The number of fused-ring (bicyclic) bond motifs is 1. The molecule has 0 bridgehead atoms. The second-order valence-electron chi connectivity index (χ2n) is 4.73. The van der Waals surface area contributed by atoms with Gasteiger partial charge in [0.15, 0.2) is 0 Å². The molecule has 0 aliphatic carbocycles. The number of hydrogen-bond acceptors (Lipinski definition) is 4. The van der Waals surface area contributed by atoms with Crippen LogP contribution in [0.2, 0.25) is 0 Å². The summed E-state index contributed by atoms with van der Waals surface area (Å²) in [6.45, 7) is 3.03. The molecule has 4 nitrogen and oxygen atoms in total. The van der Waals surface area contributed by atoms with Gasteiger partial charge in [-0.1, -0.05) is 23.8 Å². The first-order valence-electron chi connectivity index (χ1n) is 6.76. The second-order valence-corrected chi connectivity index (χ2v) is 4.73. The molecule has 2 N–H and O–H groups in total. The Hall–Kier alpha value is -1.94. The van der Waals surface area contributed by atoms with E-state index in [-0.39, 0.29) is 0 Å².